The molecule has 8 nitrogen and oxygen atoms in total. The van der Waals surface area contributed by atoms with Crippen LogP contribution in [0, 0.1) is 23.7 Å². The zero-order valence-electron chi connectivity index (χ0n) is 17.4. The average Bonchev–Trinajstić information content (AvgIpc) is 3.52. The van der Waals surface area contributed by atoms with Crippen LogP contribution in [0.1, 0.15) is 30.0 Å². The minimum atomic E-state index is 0.444. The van der Waals surface area contributed by atoms with Crippen molar-refractivity contribution in [3.8, 4) is 0 Å². The second-order valence-electron chi connectivity index (χ2n) is 7.35. The third-order valence-corrected chi connectivity index (χ3v) is 4.93. The molecule has 0 spiro atoms. The molecule has 0 aromatic carbocycles. The Morgan fingerprint density at radius 2 is 2.23 bits per heavy atom. The van der Waals surface area contributed by atoms with Gasteiger partial charge in [-0.25, -0.2) is 0 Å². The molecule has 1 saturated carbocycles. The van der Waals surface area contributed by atoms with Crippen LogP contribution in [0.3, 0.4) is 0 Å². The van der Waals surface area contributed by atoms with Gasteiger partial charge in [-0.2, -0.15) is 4.99 Å². The number of pyridine rings is 1. The lowest BCUT2D eigenvalue weighted by Gasteiger charge is -2.19. The SMILES string of the molecule is CN/C=C(\C=N)CCNC1=CC(OC[C@H]2C[C@@H]2c2ccc(C)cn2)=N/C(=C/C=N)N1. The zero-order chi connectivity index (χ0) is 21.3. The second-order valence-corrected chi connectivity index (χ2v) is 7.35. The molecule has 1 aromatic rings. The van der Waals surface area contributed by atoms with Crippen molar-refractivity contribution >= 4 is 18.3 Å². The molecule has 1 aliphatic carbocycles. The number of rotatable bonds is 10. The summed E-state index contributed by atoms with van der Waals surface area (Å²) in [6.07, 6.45) is 11.4. The molecule has 0 bridgehead atoms. The summed E-state index contributed by atoms with van der Waals surface area (Å²) >= 11 is 0. The third kappa shape index (κ3) is 6.04. The van der Waals surface area contributed by atoms with Gasteiger partial charge in [-0.05, 0) is 43.0 Å². The van der Waals surface area contributed by atoms with Gasteiger partial charge in [0, 0.05) is 62.0 Å². The number of nitrogens with one attached hydrogen (secondary N) is 5. The molecule has 30 heavy (non-hydrogen) atoms. The zero-order valence-corrected chi connectivity index (χ0v) is 17.4. The predicted octanol–water partition coefficient (Wildman–Crippen LogP) is 2.58. The number of ether oxygens (including phenoxy) is 1. The fourth-order valence-electron chi connectivity index (χ4n) is 3.20. The van der Waals surface area contributed by atoms with Crippen molar-refractivity contribution in [3.63, 3.8) is 0 Å². The number of allylic oxidation sites excluding steroid dienone is 1. The standard InChI is InChI=1S/C22H29N7O/c1-15-3-4-19(27-12-15)18-9-17(18)14-30-22-10-21(28-20(29-22)5-7-23)26-8-6-16(11-24)13-25-2/h3-5,7,10-13,17-18,23-26,28H,6,8-9,14H2,1-2H3/b16-13-,20-5+,23-7?,24-11?/t17-,18+/m1/s1. The molecular weight excluding hydrogens is 378 g/mol. The predicted molar refractivity (Wildman–Crippen MR) is 120 cm³/mol. The molecule has 2 aliphatic rings. The summed E-state index contributed by atoms with van der Waals surface area (Å²) < 4.78 is 5.97. The van der Waals surface area contributed by atoms with E-state index in [2.05, 4.69) is 38.1 Å². The molecule has 1 aromatic heterocycles. The first kappa shape index (κ1) is 21.3. The maximum Gasteiger partial charge on any atom is 0.218 e. The van der Waals surface area contributed by atoms with Crippen molar-refractivity contribution in [2.24, 2.45) is 10.9 Å². The summed E-state index contributed by atoms with van der Waals surface area (Å²) in [6, 6.07) is 4.19. The number of aliphatic imine (C=N–C) groups is 1. The highest BCUT2D eigenvalue weighted by molar-refractivity contribution is 5.90. The van der Waals surface area contributed by atoms with E-state index in [4.69, 9.17) is 15.6 Å². The minimum absolute atomic E-state index is 0.444. The molecule has 2 atom stereocenters. The van der Waals surface area contributed by atoms with Crippen LogP contribution in [0.4, 0.5) is 0 Å². The van der Waals surface area contributed by atoms with Crippen LogP contribution in [-0.4, -0.2) is 43.5 Å². The molecule has 3 rings (SSSR count). The quantitative estimate of drug-likeness (QED) is 0.382. The van der Waals surface area contributed by atoms with Crippen LogP contribution in [0.15, 0.2) is 58.9 Å². The second kappa shape index (κ2) is 10.4. The van der Waals surface area contributed by atoms with Crippen molar-refractivity contribution in [1.29, 1.82) is 10.8 Å². The van der Waals surface area contributed by atoms with Crippen LogP contribution < -0.4 is 16.0 Å². The Labute approximate surface area is 177 Å². The number of hydrogen-bond donors (Lipinski definition) is 5. The lowest BCUT2D eigenvalue weighted by atomic mass is 10.2. The monoisotopic (exact) mass is 407 g/mol. The van der Waals surface area contributed by atoms with E-state index in [9.17, 15) is 0 Å². The number of hydrogen-bond acceptors (Lipinski definition) is 8. The van der Waals surface area contributed by atoms with Crippen molar-refractivity contribution in [1.82, 2.24) is 20.9 Å². The number of aryl methyl sites for hydroxylation is 1. The normalized spacial score (nSPS) is 21.8. The van der Waals surface area contributed by atoms with Gasteiger partial charge >= 0.3 is 0 Å². The molecule has 5 N–H and O–H groups in total. The van der Waals surface area contributed by atoms with Crippen molar-refractivity contribution < 1.29 is 4.74 Å². The Hall–Kier alpha value is -3.42. The fraction of sp³-hybridized carbons (Fsp3) is 0.364. The van der Waals surface area contributed by atoms with Crippen LogP contribution in [0.25, 0.3) is 0 Å². The van der Waals surface area contributed by atoms with Crippen LogP contribution in [0.5, 0.6) is 0 Å². The summed E-state index contributed by atoms with van der Waals surface area (Å²) in [7, 11) is 1.82. The summed E-state index contributed by atoms with van der Waals surface area (Å²) in [5.74, 6) is 2.72. The first-order valence-electron chi connectivity index (χ1n) is 10.1. The maximum absolute atomic E-state index is 7.43. The highest BCUT2D eigenvalue weighted by atomic mass is 16.5. The molecule has 0 saturated heterocycles. The van der Waals surface area contributed by atoms with Crippen LogP contribution in [-0.2, 0) is 4.74 Å². The molecule has 0 unspecified atom stereocenters. The highest BCUT2D eigenvalue weighted by Crippen LogP contribution is 2.46. The third-order valence-electron chi connectivity index (χ3n) is 4.93. The molecule has 1 fully saturated rings. The smallest absolute Gasteiger partial charge is 0.218 e. The first-order chi connectivity index (χ1) is 14.6. The van der Waals surface area contributed by atoms with Gasteiger partial charge in [0.05, 0.1) is 6.61 Å². The van der Waals surface area contributed by atoms with Gasteiger partial charge in [0.2, 0.25) is 5.90 Å². The maximum atomic E-state index is 7.43. The van der Waals surface area contributed by atoms with E-state index >= 15 is 0 Å². The van der Waals surface area contributed by atoms with E-state index in [0.717, 1.165) is 23.5 Å². The Morgan fingerprint density at radius 1 is 1.37 bits per heavy atom. The van der Waals surface area contributed by atoms with E-state index in [1.807, 2.05) is 32.4 Å². The van der Waals surface area contributed by atoms with Crippen molar-refractivity contribution in [2.45, 2.75) is 25.7 Å². The van der Waals surface area contributed by atoms with Gasteiger partial charge in [0.15, 0.2) is 0 Å². The van der Waals surface area contributed by atoms with E-state index in [0.29, 0.717) is 43.1 Å². The molecule has 1 aliphatic heterocycles. The molecule has 8 heteroatoms. The number of nitrogens with zero attached hydrogens (tertiary/aromatic N) is 2. The largest absolute Gasteiger partial charge is 0.477 e. The summed E-state index contributed by atoms with van der Waals surface area (Å²) in [4.78, 5) is 8.95. The Bertz CT molecular complexity index is 883. The molecule has 0 amide bonds. The van der Waals surface area contributed by atoms with Gasteiger partial charge in [0.1, 0.15) is 11.6 Å². The minimum Gasteiger partial charge on any atom is -0.477 e. The first-order valence-corrected chi connectivity index (χ1v) is 10.1. The Morgan fingerprint density at radius 3 is 2.93 bits per heavy atom. The van der Waals surface area contributed by atoms with Gasteiger partial charge in [-0.1, -0.05) is 6.07 Å². The van der Waals surface area contributed by atoms with Crippen molar-refractivity contribution in [2.75, 3.05) is 20.2 Å². The Kier molecular flexibility index (Phi) is 7.37. The molecule has 0 radical (unpaired) electrons. The highest BCUT2D eigenvalue weighted by Gasteiger charge is 2.40. The fourth-order valence-corrected chi connectivity index (χ4v) is 3.20. The van der Waals surface area contributed by atoms with Crippen LogP contribution >= 0.6 is 0 Å². The van der Waals surface area contributed by atoms with Gasteiger partial charge in [-0.15, -0.1) is 0 Å². The summed E-state index contributed by atoms with van der Waals surface area (Å²) in [5, 5.41) is 24.1. The van der Waals surface area contributed by atoms with Crippen LogP contribution in [0.2, 0.25) is 0 Å². The van der Waals surface area contributed by atoms with Gasteiger partial charge in [0.25, 0.3) is 0 Å². The molecule has 2 heterocycles. The van der Waals surface area contributed by atoms with Gasteiger partial charge in [-0.3, -0.25) is 4.98 Å². The topological polar surface area (TPSA) is 118 Å². The average molecular weight is 408 g/mol. The lowest BCUT2D eigenvalue weighted by molar-refractivity contribution is 0.284. The van der Waals surface area contributed by atoms with E-state index in [1.165, 1.54) is 18.0 Å². The van der Waals surface area contributed by atoms with Crippen molar-refractivity contribution in [3.05, 3.63) is 65.2 Å². The lowest BCUT2D eigenvalue weighted by Crippen LogP contribution is -2.31. The Balaban J connectivity index is 1.55. The molecule has 158 valence electrons. The summed E-state index contributed by atoms with van der Waals surface area (Å²) in [6.45, 7) is 3.28. The summed E-state index contributed by atoms with van der Waals surface area (Å²) in [5.41, 5.74) is 3.19. The van der Waals surface area contributed by atoms with E-state index < -0.39 is 0 Å². The number of aromatic nitrogens is 1. The molecular formula is C22H29N7O. The van der Waals surface area contributed by atoms with Gasteiger partial charge < -0.3 is 31.5 Å². The van der Waals surface area contributed by atoms with E-state index in [1.54, 1.807) is 6.08 Å². The van der Waals surface area contributed by atoms with E-state index in [-0.39, 0.29) is 0 Å².